The predicted molar refractivity (Wildman–Crippen MR) is 102 cm³/mol. The number of rotatable bonds is 1. The Hall–Kier alpha value is -2.35. The second kappa shape index (κ2) is 6.67. The van der Waals surface area contributed by atoms with Gasteiger partial charge in [0, 0.05) is 24.8 Å². The molecule has 0 spiro atoms. The molecule has 0 aromatic carbocycles. The van der Waals surface area contributed by atoms with Crippen molar-refractivity contribution in [2.24, 2.45) is 0 Å². The number of aryl methyl sites for hydroxylation is 1. The van der Waals surface area contributed by atoms with Gasteiger partial charge in [-0.2, -0.15) is 0 Å². The number of aromatic nitrogens is 2. The smallest absolute Gasteiger partial charge is 0.410 e. The van der Waals surface area contributed by atoms with Crippen LogP contribution in [0.2, 0.25) is 0 Å². The van der Waals surface area contributed by atoms with E-state index in [0.717, 1.165) is 0 Å². The number of anilines is 1. The monoisotopic (exact) mass is 377 g/mol. The lowest BCUT2D eigenvalue weighted by Gasteiger charge is -2.44. The summed E-state index contributed by atoms with van der Waals surface area (Å²) >= 11 is 0. The number of carbonyl (C=O) groups excluding carboxylic acids is 1. The van der Waals surface area contributed by atoms with Crippen molar-refractivity contribution in [3.05, 3.63) is 29.5 Å². The largest absolute Gasteiger partial charge is 0.444 e. The zero-order chi connectivity index (χ0) is 20.1. The maximum atomic E-state index is 14.3. The summed E-state index contributed by atoms with van der Waals surface area (Å²) in [4.78, 5) is 18.8. The van der Waals surface area contributed by atoms with Crippen LogP contribution >= 0.6 is 0 Å². The Morgan fingerprint density at radius 3 is 2.70 bits per heavy atom. The van der Waals surface area contributed by atoms with E-state index in [1.54, 1.807) is 22.4 Å². The van der Waals surface area contributed by atoms with E-state index in [1.807, 2.05) is 34.6 Å². The lowest BCUT2D eigenvalue weighted by atomic mass is 9.97. The molecule has 1 saturated heterocycles. The van der Waals surface area contributed by atoms with E-state index in [2.05, 4.69) is 10.3 Å². The summed E-state index contributed by atoms with van der Waals surface area (Å²) in [6.07, 6.45) is 1.39. The Kier molecular flexibility index (Phi) is 4.80. The molecular formula is C19H28FN5O2. The molecule has 3 rings (SSSR count). The lowest BCUT2D eigenvalue weighted by molar-refractivity contribution is -0.00508. The third-order valence-corrected chi connectivity index (χ3v) is 4.81. The summed E-state index contributed by atoms with van der Waals surface area (Å²) in [5, 5.41) is 3.44. The van der Waals surface area contributed by atoms with Crippen LogP contribution in [-0.2, 0) is 4.74 Å². The fourth-order valence-corrected chi connectivity index (χ4v) is 3.71. The van der Waals surface area contributed by atoms with Gasteiger partial charge in [0.2, 0.25) is 0 Å². The predicted octanol–water partition coefficient (Wildman–Crippen LogP) is 3.02. The van der Waals surface area contributed by atoms with Gasteiger partial charge >= 0.3 is 6.09 Å². The van der Waals surface area contributed by atoms with Crippen LogP contribution < -0.4 is 11.1 Å². The number of hydrogen-bond acceptors (Lipinski definition) is 5. The molecule has 0 bridgehead atoms. The molecule has 1 unspecified atom stereocenters. The van der Waals surface area contributed by atoms with E-state index in [9.17, 15) is 9.18 Å². The van der Waals surface area contributed by atoms with Gasteiger partial charge in [-0.25, -0.2) is 14.2 Å². The van der Waals surface area contributed by atoms with Gasteiger partial charge < -0.3 is 15.8 Å². The van der Waals surface area contributed by atoms with Gasteiger partial charge in [0.05, 0.1) is 29.2 Å². The van der Waals surface area contributed by atoms with Crippen molar-refractivity contribution in [1.29, 1.82) is 0 Å². The molecule has 3 heterocycles. The number of nitrogen functional groups attached to an aromatic ring is 1. The van der Waals surface area contributed by atoms with Gasteiger partial charge in [0.15, 0.2) is 11.5 Å². The number of nitrogens with zero attached hydrogens (tertiary/aromatic N) is 3. The van der Waals surface area contributed by atoms with E-state index in [0.29, 0.717) is 23.6 Å². The van der Waals surface area contributed by atoms with Crippen LogP contribution in [-0.4, -0.2) is 44.6 Å². The first-order valence-electron chi connectivity index (χ1n) is 9.18. The maximum absolute atomic E-state index is 14.3. The van der Waals surface area contributed by atoms with Crippen LogP contribution in [0.3, 0.4) is 0 Å². The minimum absolute atomic E-state index is 0.0483. The highest BCUT2D eigenvalue weighted by Crippen LogP contribution is 2.32. The standard InChI is InChI=1S/C19H28FN5O2/c1-10-9-24-16(14(21)7-13(20)17(24)23-10)15-12(3)25(11(2)8-22-15)18(26)27-19(4,5)6/h7,9,11-12,15,22H,8,21H2,1-6H3/t11-,12-,15?/m1/s1. The number of amides is 1. The average Bonchev–Trinajstić information content (AvgIpc) is 2.89. The number of nitrogens with one attached hydrogen (secondary N) is 1. The Morgan fingerprint density at radius 1 is 1.41 bits per heavy atom. The SMILES string of the molecule is Cc1cn2c(C3NC[C@@H](C)N(C(=O)OC(C)(C)C)[C@@H]3C)c(N)cc(F)c2n1. The van der Waals surface area contributed by atoms with E-state index in [-0.39, 0.29) is 29.9 Å². The molecule has 3 atom stereocenters. The normalized spacial score (nSPS) is 23.7. The van der Waals surface area contributed by atoms with Crippen molar-refractivity contribution in [1.82, 2.24) is 19.6 Å². The van der Waals surface area contributed by atoms with Crippen molar-refractivity contribution in [2.45, 2.75) is 65.3 Å². The Labute approximate surface area is 158 Å². The van der Waals surface area contributed by atoms with Crippen LogP contribution in [0.15, 0.2) is 12.3 Å². The highest BCUT2D eigenvalue weighted by molar-refractivity contribution is 5.69. The van der Waals surface area contributed by atoms with Crippen molar-refractivity contribution < 1.29 is 13.9 Å². The molecule has 8 heteroatoms. The zero-order valence-electron chi connectivity index (χ0n) is 16.7. The molecule has 1 fully saturated rings. The maximum Gasteiger partial charge on any atom is 0.410 e. The lowest BCUT2D eigenvalue weighted by Crippen LogP contribution is -2.59. The molecule has 7 nitrogen and oxygen atoms in total. The Balaban J connectivity index is 2.03. The highest BCUT2D eigenvalue weighted by Gasteiger charge is 2.40. The second-order valence-corrected chi connectivity index (χ2v) is 8.27. The summed E-state index contributed by atoms with van der Waals surface area (Å²) < 4.78 is 21.6. The van der Waals surface area contributed by atoms with Crippen LogP contribution in [0.4, 0.5) is 14.9 Å². The quantitative estimate of drug-likeness (QED) is 0.798. The zero-order valence-corrected chi connectivity index (χ0v) is 16.7. The number of carbonyl (C=O) groups is 1. The van der Waals surface area contributed by atoms with Crippen molar-refractivity contribution in [3.8, 4) is 0 Å². The summed E-state index contributed by atoms with van der Waals surface area (Å²) in [6, 6.07) is 0.710. The number of nitrogens with two attached hydrogens (primary N) is 1. The minimum atomic E-state index is -0.583. The fourth-order valence-electron chi connectivity index (χ4n) is 3.71. The summed E-state index contributed by atoms with van der Waals surface area (Å²) in [5.74, 6) is -0.467. The third kappa shape index (κ3) is 3.58. The summed E-state index contributed by atoms with van der Waals surface area (Å²) in [5.41, 5.74) is 7.54. The second-order valence-electron chi connectivity index (χ2n) is 8.27. The number of pyridine rings is 1. The van der Waals surface area contributed by atoms with E-state index < -0.39 is 11.4 Å². The minimum Gasteiger partial charge on any atom is -0.444 e. The van der Waals surface area contributed by atoms with Gasteiger partial charge in [0.1, 0.15) is 5.60 Å². The molecule has 148 valence electrons. The van der Waals surface area contributed by atoms with E-state index in [1.165, 1.54) is 6.07 Å². The molecular weight excluding hydrogens is 349 g/mol. The Morgan fingerprint density at radius 2 is 2.07 bits per heavy atom. The first-order valence-corrected chi connectivity index (χ1v) is 9.18. The molecule has 3 N–H and O–H groups in total. The first-order chi connectivity index (χ1) is 12.5. The molecule has 1 amide bonds. The van der Waals surface area contributed by atoms with Crippen molar-refractivity contribution >= 4 is 17.4 Å². The van der Waals surface area contributed by atoms with Crippen LogP contribution in [0, 0.1) is 12.7 Å². The number of imidazole rings is 1. The van der Waals surface area contributed by atoms with E-state index >= 15 is 0 Å². The molecule has 2 aromatic heterocycles. The molecule has 0 radical (unpaired) electrons. The molecule has 27 heavy (non-hydrogen) atoms. The van der Waals surface area contributed by atoms with Gasteiger partial charge in [-0.15, -0.1) is 0 Å². The van der Waals surface area contributed by atoms with Gasteiger partial charge in [0.25, 0.3) is 0 Å². The molecule has 2 aromatic rings. The number of ether oxygens (including phenoxy) is 1. The van der Waals surface area contributed by atoms with Gasteiger partial charge in [-0.3, -0.25) is 9.30 Å². The number of fused-ring (bicyclic) bond motifs is 1. The van der Waals surface area contributed by atoms with Gasteiger partial charge in [-0.05, 0) is 41.5 Å². The van der Waals surface area contributed by atoms with Crippen molar-refractivity contribution in [2.75, 3.05) is 12.3 Å². The number of piperazine rings is 1. The van der Waals surface area contributed by atoms with E-state index in [4.69, 9.17) is 10.5 Å². The molecule has 0 saturated carbocycles. The summed E-state index contributed by atoms with van der Waals surface area (Å²) in [7, 11) is 0. The first kappa shape index (κ1) is 19.4. The molecule has 1 aliphatic rings. The van der Waals surface area contributed by atoms with Crippen LogP contribution in [0.25, 0.3) is 5.65 Å². The molecule has 0 aliphatic carbocycles. The van der Waals surface area contributed by atoms with Gasteiger partial charge in [-0.1, -0.05) is 0 Å². The number of hydrogen-bond donors (Lipinski definition) is 2. The van der Waals surface area contributed by atoms with Crippen molar-refractivity contribution in [3.63, 3.8) is 0 Å². The molecule has 1 aliphatic heterocycles. The number of halogens is 1. The van der Waals surface area contributed by atoms with Crippen LogP contribution in [0.5, 0.6) is 0 Å². The third-order valence-electron chi connectivity index (χ3n) is 4.81. The summed E-state index contributed by atoms with van der Waals surface area (Å²) in [6.45, 7) is 11.8. The van der Waals surface area contributed by atoms with Crippen LogP contribution in [0.1, 0.15) is 52.0 Å². The topological polar surface area (TPSA) is 84.9 Å². The Bertz CT molecular complexity index is 873. The fraction of sp³-hybridized carbons (Fsp3) is 0.579. The average molecular weight is 377 g/mol. The highest BCUT2D eigenvalue weighted by atomic mass is 19.1.